The first-order valence-electron chi connectivity index (χ1n) is 8.38. The van der Waals surface area contributed by atoms with Crippen molar-refractivity contribution in [2.75, 3.05) is 13.2 Å². The fraction of sp³-hybridized carbons (Fsp3) is 0.412. The first kappa shape index (κ1) is 15.8. The molecule has 3 aromatic rings. The van der Waals surface area contributed by atoms with Crippen LogP contribution in [0.5, 0.6) is 0 Å². The average molecular weight is 340 g/mol. The minimum absolute atomic E-state index is 0.0329. The Morgan fingerprint density at radius 2 is 2.32 bits per heavy atom. The summed E-state index contributed by atoms with van der Waals surface area (Å²) in [6, 6.07) is 7.83. The van der Waals surface area contributed by atoms with Gasteiger partial charge in [-0.1, -0.05) is 12.1 Å². The number of ether oxygens (including phenoxy) is 1. The van der Waals surface area contributed by atoms with E-state index >= 15 is 0 Å². The van der Waals surface area contributed by atoms with Crippen molar-refractivity contribution >= 4 is 16.9 Å². The van der Waals surface area contributed by atoms with Crippen LogP contribution in [0.15, 0.2) is 30.6 Å². The Kier molecular flexibility index (Phi) is 4.19. The molecular formula is C17H20N6O2. The molecule has 2 atom stereocenters. The Bertz CT molecular complexity index is 873. The summed E-state index contributed by atoms with van der Waals surface area (Å²) in [6.45, 7) is 3.39. The van der Waals surface area contributed by atoms with Crippen LogP contribution in [0.1, 0.15) is 24.2 Å². The number of imidazole rings is 1. The number of nitrogens with zero attached hydrogens (tertiary/aromatic N) is 4. The molecule has 25 heavy (non-hydrogen) atoms. The van der Waals surface area contributed by atoms with Crippen LogP contribution in [0.4, 0.5) is 0 Å². The Morgan fingerprint density at radius 1 is 1.44 bits per heavy atom. The number of amides is 1. The van der Waals surface area contributed by atoms with Crippen molar-refractivity contribution in [1.29, 1.82) is 0 Å². The second-order valence-electron chi connectivity index (χ2n) is 6.25. The van der Waals surface area contributed by atoms with Gasteiger partial charge in [-0.3, -0.25) is 9.89 Å². The molecule has 1 aromatic carbocycles. The summed E-state index contributed by atoms with van der Waals surface area (Å²) >= 11 is 0. The molecular weight excluding hydrogens is 320 g/mol. The molecule has 2 N–H and O–H groups in total. The van der Waals surface area contributed by atoms with E-state index in [0.717, 1.165) is 23.3 Å². The van der Waals surface area contributed by atoms with Crippen molar-refractivity contribution in [1.82, 2.24) is 30.0 Å². The number of aryl methyl sites for hydroxylation is 1. The molecule has 1 fully saturated rings. The molecule has 0 spiro atoms. The highest BCUT2D eigenvalue weighted by atomic mass is 16.5. The summed E-state index contributed by atoms with van der Waals surface area (Å²) in [5, 5.41) is 9.74. The Hall–Kier alpha value is -2.74. The second-order valence-corrected chi connectivity index (χ2v) is 6.25. The van der Waals surface area contributed by atoms with Crippen LogP contribution in [0, 0.1) is 12.8 Å². The minimum Gasteiger partial charge on any atom is -0.370 e. The number of carbonyl (C=O) groups excluding carboxylic acids is 1. The highest BCUT2D eigenvalue weighted by Gasteiger charge is 2.32. The van der Waals surface area contributed by atoms with E-state index in [9.17, 15) is 4.79 Å². The molecule has 0 bridgehead atoms. The van der Waals surface area contributed by atoms with Crippen molar-refractivity contribution in [2.24, 2.45) is 5.92 Å². The quantitative estimate of drug-likeness (QED) is 0.731. The third-order valence-electron chi connectivity index (χ3n) is 4.63. The van der Waals surface area contributed by atoms with Crippen LogP contribution in [0.25, 0.3) is 11.0 Å². The van der Waals surface area contributed by atoms with E-state index in [0.29, 0.717) is 19.0 Å². The van der Waals surface area contributed by atoms with Gasteiger partial charge in [-0.25, -0.2) is 9.97 Å². The number of aromatic nitrogens is 5. The van der Waals surface area contributed by atoms with E-state index in [2.05, 4.69) is 25.5 Å². The number of carbonyl (C=O) groups is 1. The Morgan fingerprint density at radius 3 is 3.16 bits per heavy atom. The van der Waals surface area contributed by atoms with Gasteiger partial charge in [-0.05, 0) is 25.5 Å². The maximum atomic E-state index is 12.4. The molecule has 1 aliphatic rings. The van der Waals surface area contributed by atoms with E-state index in [4.69, 9.17) is 4.74 Å². The minimum atomic E-state index is -0.140. The maximum Gasteiger partial charge on any atom is 0.240 e. The van der Waals surface area contributed by atoms with Crippen molar-refractivity contribution in [3.8, 4) is 0 Å². The lowest BCUT2D eigenvalue weighted by molar-refractivity contribution is -0.121. The molecule has 4 rings (SSSR count). The van der Waals surface area contributed by atoms with Crippen LogP contribution in [0.2, 0.25) is 0 Å². The fourth-order valence-corrected chi connectivity index (χ4v) is 3.34. The average Bonchev–Trinajstić information content (AvgIpc) is 3.33. The van der Waals surface area contributed by atoms with Gasteiger partial charge in [0.2, 0.25) is 5.91 Å². The number of benzene rings is 1. The number of H-pyrrole nitrogens is 1. The van der Waals surface area contributed by atoms with Gasteiger partial charge in [0.15, 0.2) is 5.82 Å². The van der Waals surface area contributed by atoms with E-state index < -0.39 is 0 Å². The van der Waals surface area contributed by atoms with Crippen molar-refractivity contribution < 1.29 is 9.53 Å². The van der Waals surface area contributed by atoms with Crippen molar-refractivity contribution in [3.63, 3.8) is 0 Å². The first-order valence-corrected chi connectivity index (χ1v) is 8.38. The molecule has 0 unspecified atom stereocenters. The summed E-state index contributed by atoms with van der Waals surface area (Å²) in [6.07, 6.45) is 2.22. The topological polar surface area (TPSA) is 97.7 Å². The van der Waals surface area contributed by atoms with Gasteiger partial charge in [0.05, 0.1) is 11.0 Å². The molecule has 8 heteroatoms. The number of hydrogen-bond donors (Lipinski definition) is 2. The van der Waals surface area contributed by atoms with E-state index in [1.807, 2.05) is 35.8 Å². The van der Waals surface area contributed by atoms with Crippen molar-refractivity contribution in [3.05, 3.63) is 42.2 Å². The molecule has 0 radical (unpaired) electrons. The molecule has 2 aromatic heterocycles. The lowest BCUT2D eigenvalue weighted by Gasteiger charge is -2.17. The standard InChI is InChI=1S/C17H20N6O2/c1-11-21-13-4-2-3-5-14(13)23(11)9-15(24)18-8-12-6-7-25-16(12)17-19-10-20-22-17/h2-5,10,12,16H,6-9H2,1H3,(H,18,24)(H,19,20,22)/t12-,16-/m0/s1. The van der Waals surface area contributed by atoms with Gasteiger partial charge in [0.1, 0.15) is 24.8 Å². The normalized spacial score (nSPS) is 20.2. The molecule has 0 saturated carbocycles. The SMILES string of the molecule is Cc1nc2ccccc2n1CC(=O)NC[C@@H]1CCO[C@@H]1c1ncn[nH]1. The summed E-state index contributed by atoms with van der Waals surface area (Å²) in [5.41, 5.74) is 1.88. The fourth-order valence-electron chi connectivity index (χ4n) is 3.34. The van der Waals surface area contributed by atoms with Gasteiger partial charge in [0.25, 0.3) is 0 Å². The van der Waals surface area contributed by atoms with Crippen LogP contribution in [-0.4, -0.2) is 43.8 Å². The predicted octanol–water partition coefficient (Wildman–Crippen LogP) is 1.36. The highest BCUT2D eigenvalue weighted by molar-refractivity contribution is 5.81. The lowest BCUT2D eigenvalue weighted by Crippen LogP contribution is -2.33. The molecule has 1 saturated heterocycles. The molecule has 0 aliphatic carbocycles. The van der Waals surface area contributed by atoms with E-state index in [1.54, 1.807) is 0 Å². The van der Waals surface area contributed by atoms with Crippen LogP contribution < -0.4 is 5.32 Å². The Labute approximate surface area is 144 Å². The zero-order valence-corrected chi connectivity index (χ0v) is 14.0. The van der Waals surface area contributed by atoms with Gasteiger partial charge >= 0.3 is 0 Å². The molecule has 8 nitrogen and oxygen atoms in total. The van der Waals surface area contributed by atoms with Gasteiger partial charge in [0, 0.05) is 19.1 Å². The van der Waals surface area contributed by atoms with Crippen LogP contribution in [0.3, 0.4) is 0 Å². The van der Waals surface area contributed by atoms with Gasteiger partial charge < -0.3 is 14.6 Å². The van der Waals surface area contributed by atoms with Crippen molar-refractivity contribution in [2.45, 2.75) is 26.0 Å². The summed E-state index contributed by atoms with van der Waals surface area (Å²) in [5.74, 6) is 1.71. The highest BCUT2D eigenvalue weighted by Crippen LogP contribution is 2.31. The number of fused-ring (bicyclic) bond motifs is 1. The third-order valence-corrected chi connectivity index (χ3v) is 4.63. The molecule has 1 aliphatic heterocycles. The summed E-state index contributed by atoms with van der Waals surface area (Å²) in [4.78, 5) is 21.1. The van der Waals surface area contributed by atoms with Crippen LogP contribution in [-0.2, 0) is 16.1 Å². The number of nitrogens with one attached hydrogen (secondary N) is 2. The summed E-state index contributed by atoms with van der Waals surface area (Å²) in [7, 11) is 0. The number of hydrogen-bond acceptors (Lipinski definition) is 5. The van der Waals surface area contributed by atoms with E-state index in [1.165, 1.54) is 6.33 Å². The van der Waals surface area contributed by atoms with Gasteiger partial charge in [-0.15, -0.1) is 0 Å². The molecule has 3 heterocycles. The van der Waals surface area contributed by atoms with E-state index in [-0.39, 0.29) is 24.5 Å². The summed E-state index contributed by atoms with van der Waals surface area (Å²) < 4.78 is 7.66. The smallest absolute Gasteiger partial charge is 0.240 e. The second kappa shape index (κ2) is 6.64. The number of aromatic amines is 1. The molecule has 1 amide bonds. The largest absolute Gasteiger partial charge is 0.370 e. The number of para-hydroxylation sites is 2. The third kappa shape index (κ3) is 3.12. The lowest BCUT2D eigenvalue weighted by atomic mass is 10.0. The molecule has 130 valence electrons. The predicted molar refractivity (Wildman–Crippen MR) is 90.7 cm³/mol. The van der Waals surface area contributed by atoms with Crippen LogP contribution >= 0.6 is 0 Å². The number of rotatable bonds is 5. The first-order chi connectivity index (χ1) is 12.2. The zero-order chi connectivity index (χ0) is 17.2. The van der Waals surface area contributed by atoms with Gasteiger partial charge in [-0.2, -0.15) is 5.10 Å². The zero-order valence-electron chi connectivity index (χ0n) is 14.0. The Balaban J connectivity index is 1.40. The monoisotopic (exact) mass is 340 g/mol. The maximum absolute atomic E-state index is 12.4.